The molecular weight excluding hydrogens is 356 g/mol. The van der Waals surface area contributed by atoms with Crippen LogP contribution in [0.5, 0.6) is 5.88 Å². The van der Waals surface area contributed by atoms with Crippen LogP contribution in [0, 0.1) is 5.92 Å². The number of anilines is 1. The van der Waals surface area contributed by atoms with Crippen molar-refractivity contribution >= 4 is 11.6 Å². The van der Waals surface area contributed by atoms with E-state index in [1.807, 2.05) is 13.8 Å². The Bertz CT molecular complexity index is 708. The molecule has 1 aromatic rings. The van der Waals surface area contributed by atoms with Gasteiger partial charge in [0.15, 0.2) is 0 Å². The van der Waals surface area contributed by atoms with Gasteiger partial charge in [0, 0.05) is 13.1 Å². The molecule has 2 unspecified atom stereocenters. The minimum Gasteiger partial charge on any atom is -0.476 e. The smallest absolute Gasteiger partial charge is 0.282 e. The highest BCUT2D eigenvalue weighted by molar-refractivity contribution is 5.93. The molecule has 3 heterocycles. The zero-order valence-electron chi connectivity index (χ0n) is 15.7. The number of rotatable bonds is 5. The number of aromatic nitrogens is 1. The summed E-state index contributed by atoms with van der Waals surface area (Å²) in [7, 11) is 0. The van der Waals surface area contributed by atoms with Crippen LogP contribution in [0.1, 0.15) is 37.2 Å². The van der Waals surface area contributed by atoms with Crippen LogP contribution in [-0.2, 0) is 4.74 Å². The van der Waals surface area contributed by atoms with Crippen LogP contribution >= 0.6 is 0 Å². The monoisotopic (exact) mass is 381 g/mol. The second-order valence-electron chi connectivity index (χ2n) is 7.95. The van der Waals surface area contributed by atoms with Gasteiger partial charge in [-0.2, -0.15) is 0 Å². The maximum atomic E-state index is 13.3. The van der Waals surface area contributed by atoms with Gasteiger partial charge in [0.05, 0.1) is 31.9 Å². The molecule has 2 saturated heterocycles. The molecule has 1 amide bonds. The van der Waals surface area contributed by atoms with E-state index in [9.17, 15) is 13.6 Å². The predicted octanol–water partition coefficient (Wildman–Crippen LogP) is 2.58. The molecule has 0 bridgehead atoms. The molecule has 0 radical (unpaired) electrons. The SMILES string of the molecule is CC1CN(C(=O)c2ccc(N3CC(F)(F)C3)c(OCC3CC3)n2)CC(C)O1. The summed E-state index contributed by atoms with van der Waals surface area (Å²) in [6.07, 6.45) is 2.15. The lowest BCUT2D eigenvalue weighted by molar-refractivity contribution is -0.0587. The van der Waals surface area contributed by atoms with Crippen molar-refractivity contribution < 1.29 is 23.0 Å². The van der Waals surface area contributed by atoms with Gasteiger partial charge in [0.2, 0.25) is 5.88 Å². The first-order valence-corrected chi connectivity index (χ1v) is 9.52. The van der Waals surface area contributed by atoms with E-state index in [0.29, 0.717) is 31.3 Å². The number of nitrogens with zero attached hydrogens (tertiary/aromatic N) is 3. The lowest BCUT2D eigenvalue weighted by atomic mass is 10.1. The van der Waals surface area contributed by atoms with E-state index in [0.717, 1.165) is 12.8 Å². The lowest BCUT2D eigenvalue weighted by Crippen LogP contribution is -2.56. The summed E-state index contributed by atoms with van der Waals surface area (Å²) in [4.78, 5) is 20.6. The van der Waals surface area contributed by atoms with E-state index >= 15 is 0 Å². The highest BCUT2D eigenvalue weighted by Crippen LogP contribution is 2.38. The van der Waals surface area contributed by atoms with Gasteiger partial charge in [-0.1, -0.05) is 0 Å². The first kappa shape index (κ1) is 18.4. The summed E-state index contributed by atoms with van der Waals surface area (Å²) in [5.41, 5.74) is 0.806. The number of hydrogen-bond acceptors (Lipinski definition) is 5. The Morgan fingerprint density at radius 2 is 1.93 bits per heavy atom. The number of pyridine rings is 1. The Morgan fingerprint density at radius 3 is 2.52 bits per heavy atom. The van der Waals surface area contributed by atoms with Crippen molar-refractivity contribution in [2.24, 2.45) is 5.92 Å². The van der Waals surface area contributed by atoms with Crippen LogP contribution < -0.4 is 9.64 Å². The molecule has 4 rings (SSSR count). The van der Waals surface area contributed by atoms with Crippen molar-refractivity contribution in [2.45, 2.75) is 44.8 Å². The van der Waals surface area contributed by atoms with E-state index in [1.54, 1.807) is 21.9 Å². The van der Waals surface area contributed by atoms with Crippen molar-refractivity contribution in [1.82, 2.24) is 9.88 Å². The van der Waals surface area contributed by atoms with Crippen LogP contribution in [0.3, 0.4) is 0 Å². The van der Waals surface area contributed by atoms with Crippen molar-refractivity contribution in [3.8, 4) is 5.88 Å². The first-order valence-electron chi connectivity index (χ1n) is 9.52. The normalized spacial score (nSPS) is 27.3. The molecule has 3 aliphatic rings. The summed E-state index contributed by atoms with van der Waals surface area (Å²) in [6, 6.07) is 3.27. The van der Waals surface area contributed by atoms with Crippen molar-refractivity contribution in [3.05, 3.63) is 17.8 Å². The fourth-order valence-electron chi connectivity index (χ4n) is 3.57. The van der Waals surface area contributed by atoms with Crippen LogP contribution in [0.4, 0.5) is 14.5 Å². The molecule has 0 N–H and O–H groups in total. The number of alkyl halides is 2. The molecular formula is C19H25F2N3O3. The third kappa shape index (κ3) is 4.15. The van der Waals surface area contributed by atoms with E-state index < -0.39 is 5.92 Å². The maximum absolute atomic E-state index is 13.3. The first-order chi connectivity index (χ1) is 12.8. The standard InChI is InChI=1S/C19H25F2N3O3/c1-12-7-23(8-13(2)27-12)18(25)15-5-6-16(24-10-19(20,21)11-24)17(22-15)26-9-14-3-4-14/h5-6,12-14H,3-4,7-11H2,1-2H3. The van der Waals surface area contributed by atoms with Gasteiger partial charge in [0.25, 0.3) is 11.8 Å². The van der Waals surface area contributed by atoms with Crippen LogP contribution in [-0.4, -0.2) is 66.7 Å². The number of hydrogen-bond donors (Lipinski definition) is 0. The molecule has 8 heteroatoms. The van der Waals surface area contributed by atoms with Crippen molar-refractivity contribution in [2.75, 3.05) is 37.7 Å². The number of amides is 1. The van der Waals surface area contributed by atoms with E-state index in [2.05, 4.69) is 4.98 Å². The van der Waals surface area contributed by atoms with Gasteiger partial charge in [-0.3, -0.25) is 4.79 Å². The number of carbonyl (C=O) groups excluding carboxylic acids is 1. The number of morpholine rings is 1. The van der Waals surface area contributed by atoms with Gasteiger partial charge >= 0.3 is 0 Å². The average molecular weight is 381 g/mol. The maximum Gasteiger partial charge on any atom is 0.282 e. The van der Waals surface area contributed by atoms with E-state index in [-0.39, 0.29) is 42.8 Å². The minimum absolute atomic E-state index is 0.0362. The third-order valence-corrected chi connectivity index (χ3v) is 5.10. The Kier molecular flexibility index (Phi) is 4.70. The summed E-state index contributed by atoms with van der Waals surface area (Å²) < 4.78 is 38.0. The Hall–Kier alpha value is -1.96. The average Bonchev–Trinajstić information content (AvgIpc) is 3.40. The second-order valence-corrected chi connectivity index (χ2v) is 7.95. The van der Waals surface area contributed by atoms with Gasteiger partial charge < -0.3 is 19.3 Å². The molecule has 27 heavy (non-hydrogen) atoms. The molecule has 3 fully saturated rings. The highest BCUT2D eigenvalue weighted by Gasteiger charge is 2.45. The molecule has 0 aromatic carbocycles. The second kappa shape index (κ2) is 6.89. The fourth-order valence-corrected chi connectivity index (χ4v) is 3.57. The topological polar surface area (TPSA) is 54.9 Å². The fraction of sp³-hybridized carbons (Fsp3) is 0.684. The minimum atomic E-state index is -2.68. The van der Waals surface area contributed by atoms with Crippen LogP contribution in [0.15, 0.2) is 12.1 Å². The van der Waals surface area contributed by atoms with E-state index in [4.69, 9.17) is 9.47 Å². The quantitative estimate of drug-likeness (QED) is 0.785. The molecule has 1 aliphatic carbocycles. The zero-order valence-corrected chi connectivity index (χ0v) is 15.7. The van der Waals surface area contributed by atoms with Crippen LogP contribution in [0.2, 0.25) is 0 Å². The summed E-state index contributed by atoms with van der Waals surface area (Å²) in [5.74, 6) is -2.09. The van der Waals surface area contributed by atoms with Crippen LogP contribution in [0.25, 0.3) is 0 Å². The van der Waals surface area contributed by atoms with Gasteiger partial charge in [-0.15, -0.1) is 0 Å². The molecule has 2 atom stereocenters. The summed E-state index contributed by atoms with van der Waals surface area (Å²) >= 11 is 0. The number of halogens is 2. The third-order valence-electron chi connectivity index (χ3n) is 5.10. The van der Waals surface area contributed by atoms with Crippen molar-refractivity contribution in [3.63, 3.8) is 0 Å². The Labute approximate surface area is 157 Å². The van der Waals surface area contributed by atoms with Crippen molar-refractivity contribution in [1.29, 1.82) is 0 Å². The molecule has 1 aromatic heterocycles. The molecule has 1 saturated carbocycles. The summed E-state index contributed by atoms with van der Waals surface area (Å²) in [6.45, 7) is 4.68. The Morgan fingerprint density at radius 1 is 1.26 bits per heavy atom. The molecule has 148 valence electrons. The lowest BCUT2D eigenvalue weighted by Gasteiger charge is -2.40. The molecule has 6 nitrogen and oxygen atoms in total. The van der Waals surface area contributed by atoms with Gasteiger partial charge in [0.1, 0.15) is 11.4 Å². The number of carbonyl (C=O) groups is 1. The highest BCUT2D eigenvalue weighted by atomic mass is 19.3. The summed E-state index contributed by atoms with van der Waals surface area (Å²) in [5, 5.41) is 0. The molecule has 2 aliphatic heterocycles. The Balaban J connectivity index is 1.54. The van der Waals surface area contributed by atoms with E-state index in [1.165, 1.54) is 0 Å². The largest absolute Gasteiger partial charge is 0.476 e. The zero-order chi connectivity index (χ0) is 19.2. The van der Waals surface area contributed by atoms with Gasteiger partial charge in [-0.05, 0) is 44.7 Å². The molecule has 0 spiro atoms. The predicted molar refractivity (Wildman–Crippen MR) is 95.5 cm³/mol. The van der Waals surface area contributed by atoms with Gasteiger partial charge in [-0.25, -0.2) is 13.8 Å². The number of ether oxygens (including phenoxy) is 2.